The highest BCUT2D eigenvalue weighted by Gasteiger charge is 2.23. The van der Waals surface area contributed by atoms with E-state index in [0.717, 1.165) is 13.0 Å². The molecule has 0 aliphatic carbocycles. The fourth-order valence-electron chi connectivity index (χ4n) is 2.65. The summed E-state index contributed by atoms with van der Waals surface area (Å²) in [7, 11) is 1.48. The number of nitrogens with zero attached hydrogens (tertiary/aromatic N) is 1. The summed E-state index contributed by atoms with van der Waals surface area (Å²) < 4.78 is 15.9. The van der Waals surface area contributed by atoms with E-state index in [4.69, 9.17) is 19.9 Å². The number of rotatable bonds is 8. The Bertz CT molecular complexity index is 584. The summed E-state index contributed by atoms with van der Waals surface area (Å²) in [5.74, 6) is 0.508. The van der Waals surface area contributed by atoms with Crippen molar-refractivity contribution < 1.29 is 23.8 Å². The van der Waals surface area contributed by atoms with Crippen LogP contribution in [-0.4, -0.2) is 56.7 Å². The number of amides is 2. The zero-order chi connectivity index (χ0) is 17.5. The third kappa shape index (κ3) is 4.61. The van der Waals surface area contributed by atoms with Gasteiger partial charge < -0.3 is 24.8 Å². The molecule has 1 unspecified atom stereocenters. The summed E-state index contributed by atoms with van der Waals surface area (Å²) in [4.78, 5) is 25.4. The Labute approximate surface area is 141 Å². The van der Waals surface area contributed by atoms with Crippen LogP contribution in [0.3, 0.4) is 0 Å². The summed E-state index contributed by atoms with van der Waals surface area (Å²) >= 11 is 0. The fourth-order valence-corrected chi connectivity index (χ4v) is 2.65. The number of nitrogens with two attached hydrogens (primary N) is 1. The van der Waals surface area contributed by atoms with Crippen LogP contribution >= 0.6 is 0 Å². The molecule has 7 nitrogen and oxygen atoms in total. The average Bonchev–Trinajstić information content (AvgIpc) is 3.10. The number of benzene rings is 1. The third-order valence-corrected chi connectivity index (χ3v) is 3.95. The van der Waals surface area contributed by atoms with Gasteiger partial charge in [-0.1, -0.05) is 0 Å². The van der Waals surface area contributed by atoms with Crippen LogP contribution in [0.5, 0.6) is 11.5 Å². The van der Waals surface area contributed by atoms with Crippen LogP contribution in [0.2, 0.25) is 0 Å². The third-order valence-electron chi connectivity index (χ3n) is 3.95. The van der Waals surface area contributed by atoms with Crippen molar-refractivity contribution in [3.63, 3.8) is 0 Å². The SMILES string of the molecule is CCN(CC1CCOC1)C(=O)c1ccc(OCC(N)=O)c(OC)c1. The van der Waals surface area contributed by atoms with Crippen molar-refractivity contribution >= 4 is 11.8 Å². The summed E-state index contributed by atoms with van der Waals surface area (Å²) in [5, 5.41) is 0. The highest BCUT2D eigenvalue weighted by atomic mass is 16.5. The van der Waals surface area contributed by atoms with E-state index in [2.05, 4.69) is 0 Å². The summed E-state index contributed by atoms with van der Waals surface area (Å²) in [6.45, 7) is 4.47. The number of methoxy groups -OCH3 is 1. The highest BCUT2D eigenvalue weighted by Crippen LogP contribution is 2.28. The van der Waals surface area contributed by atoms with Crippen molar-refractivity contribution in [2.24, 2.45) is 11.7 Å². The molecule has 1 aliphatic heterocycles. The Morgan fingerprint density at radius 1 is 1.38 bits per heavy atom. The van der Waals surface area contributed by atoms with Gasteiger partial charge in [0.15, 0.2) is 18.1 Å². The lowest BCUT2D eigenvalue weighted by Crippen LogP contribution is -2.35. The van der Waals surface area contributed by atoms with Gasteiger partial charge in [0, 0.05) is 31.2 Å². The van der Waals surface area contributed by atoms with Crippen LogP contribution in [0.25, 0.3) is 0 Å². The molecule has 0 aromatic heterocycles. The lowest BCUT2D eigenvalue weighted by Gasteiger charge is -2.24. The lowest BCUT2D eigenvalue weighted by molar-refractivity contribution is -0.119. The van der Waals surface area contributed by atoms with Gasteiger partial charge in [-0.05, 0) is 31.5 Å². The quantitative estimate of drug-likeness (QED) is 0.766. The molecule has 1 saturated heterocycles. The monoisotopic (exact) mass is 336 g/mol. The molecule has 1 heterocycles. The molecule has 0 spiro atoms. The number of primary amides is 1. The molecule has 2 rings (SSSR count). The highest BCUT2D eigenvalue weighted by molar-refractivity contribution is 5.95. The minimum absolute atomic E-state index is 0.0656. The van der Waals surface area contributed by atoms with Crippen LogP contribution in [0.4, 0.5) is 0 Å². The Hall–Kier alpha value is -2.28. The van der Waals surface area contributed by atoms with E-state index >= 15 is 0 Å². The van der Waals surface area contributed by atoms with Crippen molar-refractivity contribution in [2.75, 3.05) is 40.0 Å². The molecule has 0 radical (unpaired) electrons. The van der Waals surface area contributed by atoms with E-state index in [1.54, 1.807) is 23.1 Å². The van der Waals surface area contributed by atoms with E-state index in [0.29, 0.717) is 42.7 Å². The van der Waals surface area contributed by atoms with Gasteiger partial charge in [-0.25, -0.2) is 0 Å². The number of carbonyl (C=O) groups is 2. The van der Waals surface area contributed by atoms with Crippen molar-refractivity contribution in [3.8, 4) is 11.5 Å². The standard InChI is InChI=1S/C17H24N2O5/c1-3-19(9-12-6-7-23-10-12)17(21)13-4-5-14(15(8-13)22-2)24-11-16(18)20/h4-5,8,12H,3,6-7,9-11H2,1-2H3,(H2,18,20). The van der Waals surface area contributed by atoms with Gasteiger partial charge in [-0.2, -0.15) is 0 Å². The summed E-state index contributed by atoms with van der Waals surface area (Å²) in [6.07, 6.45) is 0.979. The van der Waals surface area contributed by atoms with E-state index in [1.807, 2.05) is 6.92 Å². The van der Waals surface area contributed by atoms with E-state index in [1.165, 1.54) is 7.11 Å². The van der Waals surface area contributed by atoms with Crippen LogP contribution in [-0.2, 0) is 9.53 Å². The molecular formula is C17H24N2O5. The van der Waals surface area contributed by atoms with Crippen molar-refractivity contribution in [1.29, 1.82) is 0 Å². The minimum atomic E-state index is -0.576. The first-order chi connectivity index (χ1) is 11.5. The summed E-state index contributed by atoms with van der Waals surface area (Å²) in [5.41, 5.74) is 5.58. The molecule has 24 heavy (non-hydrogen) atoms. The predicted octanol–water partition coefficient (Wildman–Crippen LogP) is 1.06. The van der Waals surface area contributed by atoms with E-state index < -0.39 is 5.91 Å². The molecule has 1 aliphatic rings. The molecule has 1 aromatic rings. The second-order valence-corrected chi connectivity index (χ2v) is 5.69. The second kappa shape index (κ2) is 8.54. The molecular weight excluding hydrogens is 312 g/mol. The Morgan fingerprint density at radius 3 is 2.75 bits per heavy atom. The van der Waals surface area contributed by atoms with Gasteiger partial charge >= 0.3 is 0 Å². The van der Waals surface area contributed by atoms with Crippen molar-refractivity contribution in [1.82, 2.24) is 4.90 Å². The Morgan fingerprint density at radius 2 is 2.17 bits per heavy atom. The number of hydrogen-bond acceptors (Lipinski definition) is 5. The van der Waals surface area contributed by atoms with Gasteiger partial charge in [0.25, 0.3) is 11.8 Å². The lowest BCUT2D eigenvalue weighted by atomic mass is 10.1. The molecule has 1 aromatic carbocycles. The van der Waals surface area contributed by atoms with Crippen molar-refractivity contribution in [2.45, 2.75) is 13.3 Å². The predicted molar refractivity (Wildman–Crippen MR) is 88.2 cm³/mol. The topological polar surface area (TPSA) is 91.1 Å². The molecule has 1 fully saturated rings. The molecule has 7 heteroatoms. The molecule has 2 amide bonds. The van der Waals surface area contributed by atoms with Crippen LogP contribution in [0.15, 0.2) is 18.2 Å². The maximum absolute atomic E-state index is 12.7. The van der Waals surface area contributed by atoms with Gasteiger partial charge in [-0.3, -0.25) is 9.59 Å². The van der Waals surface area contributed by atoms with Crippen LogP contribution in [0, 0.1) is 5.92 Å². The Balaban J connectivity index is 2.10. The molecule has 2 N–H and O–H groups in total. The molecule has 0 saturated carbocycles. The smallest absolute Gasteiger partial charge is 0.255 e. The van der Waals surface area contributed by atoms with Gasteiger partial charge in [-0.15, -0.1) is 0 Å². The molecule has 132 valence electrons. The number of carbonyl (C=O) groups excluding carboxylic acids is 2. The average molecular weight is 336 g/mol. The minimum Gasteiger partial charge on any atom is -0.493 e. The van der Waals surface area contributed by atoms with Gasteiger partial charge in [0.05, 0.1) is 13.7 Å². The largest absolute Gasteiger partial charge is 0.493 e. The van der Waals surface area contributed by atoms with Crippen molar-refractivity contribution in [3.05, 3.63) is 23.8 Å². The normalized spacial score (nSPS) is 16.7. The number of ether oxygens (including phenoxy) is 3. The first-order valence-corrected chi connectivity index (χ1v) is 8.01. The van der Waals surface area contributed by atoms with Crippen LogP contribution in [0.1, 0.15) is 23.7 Å². The Kier molecular flexibility index (Phi) is 6.43. The van der Waals surface area contributed by atoms with Crippen LogP contribution < -0.4 is 15.2 Å². The maximum atomic E-state index is 12.7. The molecule has 0 bridgehead atoms. The number of hydrogen-bond donors (Lipinski definition) is 1. The zero-order valence-corrected chi connectivity index (χ0v) is 14.1. The first-order valence-electron chi connectivity index (χ1n) is 8.01. The summed E-state index contributed by atoms with van der Waals surface area (Å²) in [6, 6.07) is 4.89. The zero-order valence-electron chi connectivity index (χ0n) is 14.1. The fraction of sp³-hybridized carbons (Fsp3) is 0.529. The van der Waals surface area contributed by atoms with E-state index in [-0.39, 0.29) is 12.5 Å². The van der Waals surface area contributed by atoms with Gasteiger partial charge in [0.2, 0.25) is 0 Å². The second-order valence-electron chi connectivity index (χ2n) is 5.69. The van der Waals surface area contributed by atoms with E-state index in [9.17, 15) is 9.59 Å². The molecule has 1 atom stereocenters. The van der Waals surface area contributed by atoms with Gasteiger partial charge in [0.1, 0.15) is 0 Å². The maximum Gasteiger partial charge on any atom is 0.255 e. The first kappa shape index (κ1) is 18.1.